The van der Waals surface area contributed by atoms with Crippen molar-refractivity contribution in [2.75, 3.05) is 0 Å². The molecule has 0 saturated carbocycles. The molecule has 1 aliphatic rings. The summed E-state index contributed by atoms with van der Waals surface area (Å²) in [6, 6.07) is 13.8. The summed E-state index contributed by atoms with van der Waals surface area (Å²) in [5.41, 5.74) is 5.38. The number of amides is 1. The third-order valence-corrected chi connectivity index (χ3v) is 3.91. The summed E-state index contributed by atoms with van der Waals surface area (Å²) in [7, 11) is 0. The fourth-order valence-electron chi connectivity index (χ4n) is 2.63. The number of rotatable bonds is 4. The standard InChI is InChI=1S/C18H16N4O3/c1-12-10-17(23)20-21-18(12)13-6-8-15(9-7-13)19-11-14-4-2-3-5-16(14)22(24)25/h2-9,11-12H,10H2,1H3,(H,20,23). The van der Waals surface area contributed by atoms with Crippen LogP contribution in [-0.2, 0) is 4.79 Å². The average Bonchev–Trinajstić information content (AvgIpc) is 2.61. The van der Waals surface area contributed by atoms with Crippen LogP contribution in [0.15, 0.2) is 58.6 Å². The number of carbonyl (C=O) groups is 1. The van der Waals surface area contributed by atoms with Gasteiger partial charge >= 0.3 is 0 Å². The molecule has 7 nitrogen and oxygen atoms in total. The Morgan fingerprint density at radius 2 is 1.96 bits per heavy atom. The average molecular weight is 336 g/mol. The number of hydrogen-bond donors (Lipinski definition) is 1. The zero-order valence-corrected chi connectivity index (χ0v) is 13.5. The highest BCUT2D eigenvalue weighted by molar-refractivity contribution is 6.05. The summed E-state index contributed by atoms with van der Waals surface area (Å²) >= 11 is 0. The molecule has 1 heterocycles. The van der Waals surface area contributed by atoms with Crippen molar-refractivity contribution in [3.05, 3.63) is 69.8 Å². The summed E-state index contributed by atoms with van der Waals surface area (Å²) in [5.74, 6) is -0.0306. The Kier molecular flexibility index (Phi) is 4.65. The highest BCUT2D eigenvalue weighted by Gasteiger charge is 2.21. The van der Waals surface area contributed by atoms with Gasteiger partial charge in [-0.2, -0.15) is 5.10 Å². The summed E-state index contributed by atoms with van der Waals surface area (Å²) in [6.45, 7) is 1.96. The molecule has 1 N–H and O–H groups in total. The van der Waals surface area contributed by atoms with Crippen LogP contribution in [0.5, 0.6) is 0 Å². The molecule has 1 unspecified atom stereocenters. The quantitative estimate of drug-likeness (QED) is 0.527. The lowest BCUT2D eigenvalue weighted by Crippen LogP contribution is -2.31. The summed E-state index contributed by atoms with van der Waals surface area (Å²) in [5, 5.41) is 15.1. The summed E-state index contributed by atoms with van der Waals surface area (Å²) < 4.78 is 0. The maximum atomic E-state index is 11.3. The van der Waals surface area contributed by atoms with Crippen LogP contribution in [-0.4, -0.2) is 22.8 Å². The van der Waals surface area contributed by atoms with Crippen LogP contribution in [0.2, 0.25) is 0 Å². The molecule has 2 aromatic rings. The number of nitrogens with one attached hydrogen (secondary N) is 1. The molecule has 0 aliphatic carbocycles. The fraction of sp³-hybridized carbons (Fsp3) is 0.167. The van der Waals surface area contributed by atoms with Crippen LogP contribution in [0.1, 0.15) is 24.5 Å². The molecule has 7 heteroatoms. The smallest absolute Gasteiger partial charge is 0.273 e. The first-order valence-electron chi connectivity index (χ1n) is 7.79. The minimum absolute atomic E-state index is 0.0176. The van der Waals surface area contributed by atoms with E-state index >= 15 is 0 Å². The van der Waals surface area contributed by atoms with Crippen molar-refractivity contribution in [3.8, 4) is 0 Å². The maximum absolute atomic E-state index is 11.3. The first kappa shape index (κ1) is 16.5. The number of aliphatic imine (C=N–C) groups is 1. The topological polar surface area (TPSA) is 97.0 Å². The molecule has 126 valence electrons. The van der Waals surface area contributed by atoms with Crippen LogP contribution in [0, 0.1) is 16.0 Å². The lowest BCUT2D eigenvalue weighted by Gasteiger charge is -2.19. The van der Waals surface area contributed by atoms with Crippen LogP contribution in [0.4, 0.5) is 11.4 Å². The van der Waals surface area contributed by atoms with Gasteiger partial charge in [0.25, 0.3) is 5.69 Å². The molecule has 0 saturated heterocycles. The number of nitro benzene ring substituents is 1. The van der Waals surface area contributed by atoms with Crippen LogP contribution in [0.25, 0.3) is 0 Å². The molecular weight excluding hydrogens is 320 g/mol. The molecule has 0 bridgehead atoms. The van der Waals surface area contributed by atoms with Gasteiger partial charge in [0.1, 0.15) is 0 Å². The van der Waals surface area contributed by atoms with Crippen molar-refractivity contribution >= 4 is 29.2 Å². The van der Waals surface area contributed by atoms with Gasteiger partial charge in [-0.3, -0.25) is 19.9 Å². The molecule has 0 fully saturated rings. The normalized spacial score (nSPS) is 17.2. The zero-order chi connectivity index (χ0) is 17.8. The molecule has 1 atom stereocenters. The maximum Gasteiger partial charge on any atom is 0.278 e. The number of hydrogen-bond acceptors (Lipinski definition) is 5. The van der Waals surface area contributed by atoms with Gasteiger partial charge in [-0.15, -0.1) is 0 Å². The van der Waals surface area contributed by atoms with Gasteiger partial charge in [-0.25, -0.2) is 5.43 Å². The summed E-state index contributed by atoms with van der Waals surface area (Å²) in [6.07, 6.45) is 1.89. The Morgan fingerprint density at radius 1 is 1.24 bits per heavy atom. The second-order valence-electron chi connectivity index (χ2n) is 5.76. The highest BCUT2D eigenvalue weighted by atomic mass is 16.6. The predicted octanol–water partition coefficient (Wildman–Crippen LogP) is 3.21. The van der Waals surface area contributed by atoms with Crippen LogP contribution in [0.3, 0.4) is 0 Å². The van der Waals surface area contributed by atoms with E-state index in [0.717, 1.165) is 11.3 Å². The van der Waals surface area contributed by atoms with E-state index in [-0.39, 0.29) is 17.5 Å². The third kappa shape index (κ3) is 3.77. The van der Waals surface area contributed by atoms with E-state index in [2.05, 4.69) is 15.5 Å². The second kappa shape index (κ2) is 7.04. The van der Waals surface area contributed by atoms with E-state index in [1.807, 2.05) is 31.2 Å². The fourth-order valence-corrected chi connectivity index (χ4v) is 2.63. The van der Waals surface area contributed by atoms with E-state index in [4.69, 9.17) is 0 Å². The van der Waals surface area contributed by atoms with Gasteiger partial charge in [0, 0.05) is 24.6 Å². The molecular formula is C18H16N4O3. The molecule has 25 heavy (non-hydrogen) atoms. The minimum Gasteiger partial charge on any atom is -0.273 e. The summed E-state index contributed by atoms with van der Waals surface area (Å²) in [4.78, 5) is 26.2. The lowest BCUT2D eigenvalue weighted by atomic mass is 9.94. The minimum atomic E-state index is -0.429. The van der Waals surface area contributed by atoms with Crippen molar-refractivity contribution in [1.82, 2.24) is 5.43 Å². The van der Waals surface area contributed by atoms with E-state index in [1.165, 1.54) is 12.3 Å². The van der Waals surface area contributed by atoms with Crippen molar-refractivity contribution < 1.29 is 9.72 Å². The van der Waals surface area contributed by atoms with E-state index in [0.29, 0.717) is 17.7 Å². The number of carbonyl (C=O) groups excluding carboxylic acids is 1. The Labute approximate surface area is 144 Å². The molecule has 0 radical (unpaired) electrons. The van der Waals surface area contributed by atoms with E-state index in [9.17, 15) is 14.9 Å². The lowest BCUT2D eigenvalue weighted by molar-refractivity contribution is -0.385. The first-order valence-corrected chi connectivity index (χ1v) is 7.79. The molecule has 0 spiro atoms. The van der Waals surface area contributed by atoms with Gasteiger partial charge in [-0.1, -0.05) is 31.2 Å². The first-order chi connectivity index (χ1) is 12.0. The third-order valence-electron chi connectivity index (χ3n) is 3.91. The Morgan fingerprint density at radius 3 is 2.64 bits per heavy atom. The van der Waals surface area contributed by atoms with Crippen LogP contribution < -0.4 is 5.43 Å². The monoisotopic (exact) mass is 336 g/mol. The van der Waals surface area contributed by atoms with E-state index in [1.54, 1.807) is 18.2 Å². The molecule has 3 rings (SSSR count). The van der Waals surface area contributed by atoms with Gasteiger partial charge in [0.2, 0.25) is 5.91 Å². The Balaban J connectivity index is 1.80. The largest absolute Gasteiger partial charge is 0.278 e. The number of nitro groups is 1. The Hall–Kier alpha value is -3.35. The number of para-hydroxylation sites is 1. The van der Waals surface area contributed by atoms with Gasteiger partial charge in [0.05, 0.1) is 21.9 Å². The van der Waals surface area contributed by atoms with E-state index < -0.39 is 4.92 Å². The molecule has 2 aromatic carbocycles. The number of hydrazone groups is 1. The van der Waals surface area contributed by atoms with Crippen molar-refractivity contribution in [3.63, 3.8) is 0 Å². The van der Waals surface area contributed by atoms with Crippen molar-refractivity contribution in [2.45, 2.75) is 13.3 Å². The number of nitrogens with zero attached hydrogens (tertiary/aromatic N) is 3. The second-order valence-corrected chi connectivity index (χ2v) is 5.76. The SMILES string of the molecule is CC1CC(=O)NN=C1c1ccc(N=Cc2ccccc2[N+](=O)[O-])cc1. The van der Waals surface area contributed by atoms with Crippen molar-refractivity contribution in [1.29, 1.82) is 0 Å². The molecule has 1 amide bonds. The zero-order valence-electron chi connectivity index (χ0n) is 13.5. The molecule has 0 aromatic heterocycles. The van der Waals surface area contributed by atoms with Gasteiger partial charge < -0.3 is 0 Å². The predicted molar refractivity (Wildman–Crippen MR) is 95.3 cm³/mol. The Bertz CT molecular complexity index is 872. The molecule has 1 aliphatic heterocycles. The van der Waals surface area contributed by atoms with Gasteiger partial charge in [0.15, 0.2) is 0 Å². The highest BCUT2D eigenvalue weighted by Crippen LogP contribution is 2.21. The van der Waals surface area contributed by atoms with Gasteiger partial charge in [-0.05, 0) is 23.8 Å². The van der Waals surface area contributed by atoms with Crippen molar-refractivity contribution in [2.24, 2.45) is 16.0 Å². The van der Waals surface area contributed by atoms with Crippen LogP contribution >= 0.6 is 0 Å². The number of benzene rings is 2.